The Morgan fingerprint density at radius 1 is 0.500 bits per heavy atom. The minimum absolute atomic E-state index is 0.642. The van der Waals surface area contributed by atoms with Gasteiger partial charge in [-0.05, 0) is 46.7 Å². The van der Waals surface area contributed by atoms with Gasteiger partial charge in [-0.1, -0.05) is 109 Å². The van der Waals surface area contributed by atoms with Crippen LogP contribution in [0, 0.1) is 0 Å². The molecule has 0 saturated carbocycles. The van der Waals surface area contributed by atoms with Crippen LogP contribution in [0.3, 0.4) is 0 Å². The summed E-state index contributed by atoms with van der Waals surface area (Å²) in [6.45, 7) is 0. The molecule has 4 heteroatoms. The van der Waals surface area contributed by atoms with Crippen molar-refractivity contribution in [2.75, 3.05) is 4.90 Å². The summed E-state index contributed by atoms with van der Waals surface area (Å²) in [4.78, 5) is 12.9. The lowest BCUT2D eigenvalue weighted by atomic mass is 9.89. The third-order valence-electron chi connectivity index (χ3n) is 8.98. The highest BCUT2D eigenvalue weighted by Gasteiger charge is 2.30. The predicted octanol–water partition coefficient (Wildman–Crippen LogP) is 11.0. The minimum Gasteiger partial charge on any atom is -0.456 e. The summed E-state index contributed by atoms with van der Waals surface area (Å²) in [7, 11) is 0. The van der Waals surface area contributed by atoms with E-state index in [9.17, 15) is 0 Å². The smallest absolute Gasteiger partial charge is 0.235 e. The van der Waals surface area contributed by atoms with Crippen molar-refractivity contribution >= 4 is 71.7 Å². The van der Waals surface area contributed by atoms with E-state index >= 15 is 0 Å². The third kappa shape index (κ3) is 3.22. The summed E-state index contributed by atoms with van der Waals surface area (Å²) in [6.07, 6.45) is 0. The van der Waals surface area contributed by atoms with Crippen molar-refractivity contribution in [3.63, 3.8) is 0 Å². The number of aromatic nitrogens is 2. The number of benzene rings is 7. The van der Waals surface area contributed by atoms with Gasteiger partial charge < -0.3 is 4.42 Å². The first-order valence-electron chi connectivity index (χ1n) is 14.8. The molecule has 4 nitrogen and oxygen atoms in total. The van der Waals surface area contributed by atoms with E-state index in [1.165, 1.54) is 32.7 Å². The van der Waals surface area contributed by atoms with Crippen LogP contribution in [-0.2, 0) is 0 Å². The Kier molecular flexibility index (Phi) is 4.69. The van der Waals surface area contributed by atoms with Crippen LogP contribution >= 0.6 is 0 Å². The summed E-state index contributed by atoms with van der Waals surface area (Å²) in [5.74, 6) is 0.642. The maximum absolute atomic E-state index is 6.29. The molecular weight excluding hydrogens is 538 g/mol. The Balaban J connectivity index is 1.29. The molecule has 44 heavy (non-hydrogen) atoms. The molecule has 0 fully saturated rings. The molecule has 204 valence electrons. The second-order valence-electron chi connectivity index (χ2n) is 11.4. The van der Waals surface area contributed by atoms with Crippen LogP contribution in [0.4, 0.5) is 17.3 Å². The van der Waals surface area contributed by atoms with Crippen LogP contribution in [0.25, 0.3) is 76.8 Å². The summed E-state index contributed by atoms with van der Waals surface area (Å²) < 4.78 is 6.29. The highest BCUT2D eigenvalue weighted by atomic mass is 16.3. The summed E-state index contributed by atoms with van der Waals surface area (Å²) in [6, 6.07) is 49.0. The molecule has 0 radical (unpaired) electrons. The van der Waals surface area contributed by atoms with Gasteiger partial charge in [0.05, 0.1) is 22.6 Å². The van der Waals surface area contributed by atoms with Gasteiger partial charge in [0.15, 0.2) is 0 Å². The molecule has 7 aromatic carbocycles. The maximum atomic E-state index is 6.29. The quantitative estimate of drug-likeness (QED) is 0.211. The number of nitrogens with zero attached hydrogens (tertiary/aromatic N) is 3. The zero-order chi connectivity index (χ0) is 28.8. The van der Waals surface area contributed by atoms with Crippen LogP contribution in [0.15, 0.2) is 144 Å². The van der Waals surface area contributed by atoms with Gasteiger partial charge >= 0.3 is 0 Å². The topological polar surface area (TPSA) is 42.2 Å². The molecule has 0 bridgehead atoms. The number of para-hydroxylation sites is 2. The summed E-state index contributed by atoms with van der Waals surface area (Å²) in [5, 5.41) is 7.96. The molecule has 3 heterocycles. The standard InChI is InChI=1S/C40H23N3O/c1-2-12-27-24(9-1)19-22-31-30-15-7-10-25-11-8-17-34(37(25)30)43(39(27)31)40-41-33-16-5-3-14-32(33)38(42-40)26-20-21-29-28-13-4-6-18-35(28)44-36(29)23-26/h1-23H. The molecule has 2 aromatic heterocycles. The van der Waals surface area contributed by atoms with Gasteiger partial charge in [0.25, 0.3) is 0 Å². The van der Waals surface area contributed by atoms with E-state index in [0.29, 0.717) is 5.95 Å². The van der Waals surface area contributed by atoms with E-state index < -0.39 is 0 Å². The molecule has 0 amide bonds. The second-order valence-corrected chi connectivity index (χ2v) is 11.4. The van der Waals surface area contributed by atoms with Crippen LogP contribution in [-0.4, -0.2) is 9.97 Å². The van der Waals surface area contributed by atoms with Gasteiger partial charge in [0.1, 0.15) is 11.2 Å². The molecule has 0 aliphatic carbocycles. The number of furan rings is 1. The maximum Gasteiger partial charge on any atom is 0.235 e. The molecule has 10 rings (SSSR count). The van der Waals surface area contributed by atoms with Crippen LogP contribution < -0.4 is 4.90 Å². The molecule has 0 N–H and O–H groups in total. The van der Waals surface area contributed by atoms with Crippen LogP contribution in [0.5, 0.6) is 0 Å². The van der Waals surface area contributed by atoms with Crippen molar-refractivity contribution < 1.29 is 4.42 Å². The van der Waals surface area contributed by atoms with Crippen molar-refractivity contribution in [2.24, 2.45) is 0 Å². The first kappa shape index (κ1) is 23.6. The number of rotatable bonds is 2. The molecule has 9 aromatic rings. The average Bonchev–Trinajstić information content (AvgIpc) is 3.46. The van der Waals surface area contributed by atoms with E-state index in [1.807, 2.05) is 24.3 Å². The SMILES string of the molecule is c1ccc2c3c(ccc2c1)-c1cccc2cccc(c12)N3c1nc(-c2ccc3c(c2)oc2ccccc23)c2ccccc2n1. The minimum atomic E-state index is 0.642. The normalized spacial score (nSPS) is 12.5. The summed E-state index contributed by atoms with van der Waals surface area (Å²) in [5.41, 5.74) is 9.08. The number of hydrogen-bond acceptors (Lipinski definition) is 4. The Bertz CT molecular complexity index is 2630. The Hall–Kier alpha value is -6.00. The van der Waals surface area contributed by atoms with Gasteiger partial charge in [-0.15, -0.1) is 0 Å². The fourth-order valence-electron chi connectivity index (χ4n) is 7.03. The highest BCUT2D eigenvalue weighted by Crippen LogP contribution is 2.53. The van der Waals surface area contributed by atoms with E-state index in [-0.39, 0.29) is 0 Å². The Morgan fingerprint density at radius 3 is 2.18 bits per heavy atom. The van der Waals surface area contributed by atoms with Gasteiger partial charge in [-0.2, -0.15) is 0 Å². The Labute approximate surface area is 252 Å². The lowest BCUT2D eigenvalue weighted by Gasteiger charge is -2.33. The number of hydrogen-bond donors (Lipinski definition) is 0. The van der Waals surface area contributed by atoms with Crippen molar-refractivity contribution in [1.82, 2.24) is 9.97 Å². The van der Waals surface area contributed by atoms with Crippen LogP contribution in [0.1, 0.15) is 0 Å². The molecule has 0 atom stereocenters. The molecule has 0 unspecified atom stereocenters. The van der Waals surface area contributed by atoms with Crippen molar-refractivity contribution in [1.29, 1.82) is 0 Å². The van der Waals surface area contributed by atoms with E-state index in [4.69, 9.17) is 14.4 Å². The Morgan fingerprint density at radius 2 is 1.25 bits per heavy atom. The monoisotopic (exact) mass is 561 g/mol. The van der Waals surface area contributed by atoms with E-state index in [1.54, 1.807) is 0 Å². The number of fused-ring (bicyclic) bond motifs is 8. The first-order chi connectivity index (χ1) is 21.8. The molecular formula is C40H23N3O. The largest absolute Gasteiger partial charge is 0.456 e. The van der Waals surface area contributed by atoms with Gasteiger partial charge in [-0.25, -0.2) is 9.97 Å². The molecule has 0 spiro atoms. The van der Waals surface area contributed by atoms with Gasteiger partial charge in [0.2, 0.25) is 5.95 Å². The first-order valence-corrected chi connectivity index (χ1v) is 14.8. The summed E-state index contributed by atoms with van der Waals surface area (Å²) >= 11 is 0. The lowest BCUT2D eigenvalue weighted by Crippen LogP contribution is -2.18. The van der Waals surface area contributed by atoms with Crippen molar-refractivity contribution in [3.8, 4) is 22.4 Å². The fourth-order valence-corrected chi connectivity index (χ4v) is 7.03. The van der Waals surface area contributed by atoms with Crippen molar-refractivity contribution in [3.05, 3.63) is 140 Å². The number of anilines is 3. The van der Waals surface area contributed by atoms with Crippen molar-refractivity contribution in [2.45, 2.75) is 0 Å². The fraction of sp³-hybridized carbons (Fsp3) is 0. The highest BCUT2D eigenvalue weighted by molar-refractivity contribution is 6.18. The second kappa shape index (κ2) is 8.76. The van der Waals surface area contributed by atoms with Gasteiger partial charge in [-0.3, -0.25) is 4.90 Å². The van der Waals surface area contributed by atoms with Gasteiger partial charge in [0, 0.05) is 38.1 Å². The molecule has 0 saturated heterocycles. The lowest BCUT2D eigenvalue weighted by molar-refractivity contribution is 0.669. The zero-order valence-electron chi connectivity index (χ0n) is 23.5. The van der Waals surface area contributed by atoms with E-state index in [0.717, 1.165) is 55.5 Å². The van der Waals surface area contributed by atoms with E-state index in [2.05, 4.69) is 120 Å². The molecule has 1 aliphatic heterocycles. The zero-order valence-corrected chi connectivity index (χ0v) is 23.5. The van der Waals surface area contributed by atoms with Crippen LogP contribution in [0.2, 0.25) is 0 Å². The predicted molar refractivity (Wildman–Crippen MR) is 181 cm³/mol. The average molecular weight is 562 g/mol. The third-order valence-corrected chi connectivity index (χ3v) is 8.98. The molecule has 1 aliphatic rings.